The average Bonchev–Trinajstić information content (AvgIpc) is 3.04. The van der Waals surface area contributed by atoms with Crippen LogP contribution in [0.2, 0.25) is 5.02 Å². The van der Waals surface area contributed by atoms with Crippen LogP contribution in [0, 0.1) is 0 Å². The summed E-state index contributed by atoms with van der Waals surface area (Å²) < 4.78 is 1.77. The maximum atomic E-state index is 12.7. The van der Waals surface area contributed by atoms with Gasteiger partial charge >= 0.3 is 0 Å². The van der Waals surface area contributed by atoms with Crippen LogP contribution < -0.4 is 5.32 Å². The normalized spacial score (nSPS) is 11.9. The van der Waals surface area contributed by atoms with Crippen molar-refractivity contribution in [3.05, 3.63) is 83.9 Å². The fraction of sp³-hybridized carbons (Fsp3) is 0.0588. The molecule has 0 saturated carbocycles. The minimum absolute atomic E-state index is 0.133. The van der Waals surface area contributed by atoms with Gasteiger partial charge in [0.1, 0.15) is 6.04 Å². The van der Waals surface area contributed by atoms with Gasteiger partial charge in [0.2, 0.25) is 0 Å². The number of anilines is 1. The summed E-state index contributed by atoms with van der Waals surface area (Å²) in [4.78, 5) is 16.7. The Balaban J connectivity index is 1.92. The second-order valence-electron chi connectivity index (χ2n) is 4.82. The standard InChI is InChI=1S/C17H14ClN3O/c18-14-8-6-13(7-9-14)16(21-11-10-19-12-21)17(22)20-15-4-2-1-3-5-15/h1-12,16H,(H,20,22)/t16-/m0/s1. The monoisotopic (exact) mass is 311 g/mol. The zero-order valence-corrected chi connectivity index (χ0v) is 12.4. The Morgan fingerprint density at radius 1 is 1.09 bits per heavy atom. The van der Waals surface area contributed by atoms with Gasteiger partial charge in [-0.25, -0.2) is 4.98 Å². The van der Waals surface area contributed by atoms with Gasteiger partial charge in [-0.1, -0.05) is 41.9 Å². The second-order valence-corrected chi connectivity index (χ2v) is 5.26. The summed E-state index contributed by atoms with van der Waals surface area (Å²) in [5.41, 5.74) is 1.60. The molecule has 110 valence electrons. The van der Waals surface area contributed by atoms with Crippen molar-refractivity contribution < 1.29 is 4.79 Å². The summed E-state index contributed by atoms with van der Waals surface area (Å²) in [6.07, 6.45) is 5.05. The first-order valence-corrected chi connectivity index (χ1v) is 7.20. The lowest BCUT2D eigenvalue weighted by atomic mass is 10.1. The van der Waals surface area contributed by atoms with E-state index in [1.54, 1.807) is 35.4 Å². The molecular formula is C17H14ClN3O. The zero-order chi connectivity index (χ0) is 15.4. The van der Waals surface area contributed by atoms with E-state index < -0.39 is 6.04 Å². The number of imidazole rings is 1. The third-order valence-corrected chi connectivity index (χ3v) is 3.55. The molecule has 1 aromatic heterocycles. The van der Waals surface area contributed by atoms with Crippen molar-refractivity contribution in [2.75, 3.05) is 5.32 Å². The number of benzene rings is 2. The molecule has 0 spiro atoms. The molecule has 1 N–H and O–H groups in total. The molecule has 0 unspecified atom stereocenters. The number of carbonyl (C=O) groups is 1. The van der Waals surface area contributed by atoms with Crippen LogP contribution in [0.5, 0.6) is 0 Å². The van der Waals surface area contributed by atoms with Crippen molar-refractivity contribution in [2.24, 2.45) is 0 Å². The molecule has 0 aliphatic carbocycles. The molecular weight excluding hydrogens is 298 g/mol. The molecule has 0 aliphatic rings. The fourth-order valence-corrected chi connectivity index (χ4v) is 2.38. The zero-order valence-electron chi connectivity index (χ0n) is 11.7. The first kappa shape index (κ1) is 14.4. The molecule has 0 radical (unpaired) electrons. The largest absolute Gasteiger partial charge is 0.324 e. The van der Waals surface area contributed by atoms with Crippen molar-refractivity contribution in [3.8, 4) is 0 Å². The molecule has 1 heterocycles. The van der Waals surface area contributed by atoms with Crippen molar-refractivity contribution in [3.63, 3.8) is 0 Å². The second kappa shape index (κ2) is 6.45. The number of rotatable bonds is 4. The molecule has 22 heavy (non-hydrogen) atoms. The quantitative estimate of drug-likeness (QED) is 0.797. The van der Waals surface area contributed by atoms with E-state index in [9.17, 15) is 4.79 Å². The molecule has 0 fully saturated rings. The van der Waals surface area contributed by atoms with Crippen LogP contribution in [0.15, 0.2) is 73.3 Å². The van der Waals surface area contributed by atoms with Crippen molar-refractivity contribution in [1.29, 1.82) is 0 Å². The number of nitrogens with one attached hydrogen (secondary N) is 1. The minimum atomic E-state index is -0.500. The van der Waals surface area contributed by atoms with E-state index in [0.717, 1.165) is 11.3 Å². The predicted octanol–water partition coefficient (Wildman–Crippen LogP) is 3.76. The van der Waals surface area contributed by atoms with E-state index in [2.05, 4.69) is 10.3 Å². The van der Waals surface area contributed by atoms with E-state index >= 15 is 0 Å². The van der Waals surface area contributed by atoms with Gasteiger partial charge in [0, 0.05) is 23.1 Å². The van der Waals surface area contributed by atoms with Crippen LogP contribution in [0.3, 0.4) is 0 Å². The van der Waals surface area contributed by atoms with Crippen LogP contribution in [0.4, 0.5) is 5.69 Å². The van der Waals surface area contributed by atoms with Crippen LogP contribution in [0.25, 0.3) is 0 Å². The topological polar surface area (TPSA) is 46.9 Å². The van der Waals surface area contributed by atoms with Gasteiger partial charge in [-0.3, -0.25) is 4.79 Å². The Morgan fingerprint density at radius 2 is 1.82 bits per heavy atom. The Hall–Kier alpha value is -2.59. The number of amides is 1. The molecule has 3 aromatic rings. The van der Waals surface area contributed by atoms with Crippen molar-refractivity contribution >= 4 is 23.2 Å². The van der Waals surface area contributed by atoms with E-state index in [1.165, 1.54) is 0 Å². The summed E-state index contributed by atoms with van der Waals surface area (Å²) in [7, 11) is 0. The van der Waals surface area contributed by atoms with Gasteiger partial charge in [-0.2, -0.15) is 0 Å². The maximum absolute atomic E-state index is 12.7. The molecule has 3 rings (SSSR count). The molecule has 1 amide bonds. The van der Waals surface area contributed by atoms with Gasteiger partial charge in [-0.05, 0) is 29.8 Å². The van der Waals surface area contributed by atoms with Crippen LogP contribution in [-0.2, 0) is 4.79 Å². The van der Waals surface area contributed by atoms with Gasteiger partial charge in [0.05, 0.1) is 6.33 Å². The maximum Gasteiger partial charge on any atom is 0.252 e. The lowest BCUT2D eigenvalue weighted by molar-refractivity contribution is -0.118. The Labute approximate surface area is 133 Å². The summed E-state index contributed by atoms with van der Waals surface area (Å²) in [5.74, 6) is -0.133. The molecule has 0 saturated heterocycles. The Bertz CT molecular complexity index is 739. The lowest BCUT2D eigenvalue weighted by Gasteiger charge is -2.18. The minimum Gasteiger partial charge on any atom is -0.324 e. The first-order chi connectivity index (χ1) is 10.7. The van der Waals surface area contributed by atoms with Crippen LogP contribution in [0.1, 0.15) is 11.6 Å². The van der Waals surface area contributed by atoms with Gasteiger partial charge in [-0.15, -0.1) is 0 Å². The SMILES string of the molecule is O=C(Nc1ccccc1)[C@H](c1ccc(Cl)cc1)n1ccnc1. The number of aromatic nitrogens is 2. The summed E-state index contributed by atoms with van der Waals surface area (Å²) in [6, 6.07) is 16.1. The number of hydrogen-bond acceptors (Lipinski definition) is 2. The van der Waals surface area contributed by atoms with Gasteiger partial charge < -0.3 is 9.88 Å². The average molecular weight is 312 g/mol. The molecule has 4 nitrogen and oxygen atoms in total. The van der Waals surface area contributed by atoms with Crippen molar-refractivity contribution in [2.45, 2.75) is 6.04 Å². The highest BCUT2D eigenvalue weighted by atomic mass is 35.5. The molecule has 5 heteroatoms. The third kappa shape index (κ3) is 3.18. The van der Waals surface area contributed by atoms with E-state index in [0.29, 0.717) is 5.02 Å². The van der Waals surface area contributed by atoms with E-state index in [1.807, 2.05) is 42.5 Å². The smallest absolute Gasteiger partial charge is 0.252 e. The lowest BCUT2D eigenvalue weighted by Crippen LogP contribution is -2.26. The number of halogens is 1. The highest BCUT2D eigenvalue weighted by Gasteiger charge is 2.22. The van der Waals surface area contributed by atoms with Crippen LogP contribution in [-0.4, -0.2) is 15.5 Å². The molecule has 1 atom stereocenters. The van der Waals surface area contributed by atoms with E-state index in [-0.39, 0.29) is 5.91 Å². The summed E-state index contributed by atoms with van der Waals surface area (Å²) in [6.45, 7) is 0. The summed E-state index contributed by atoms with van der Waals surface area (Å²) >= 11 is 5.93. The predicted molar refractivity (Wildman–Crippen MR) is 86.9 cm³/mol. The van der Waals surface area contributed by atoms with E-state index in [4.69, 9.17) is 11.6 Å². The van der Waals surface area contributed by atoms with Crippen LogP contribution >= 0.6 is 11.6 Å². The third-order valence-electron chi connectivity index (χ3n) is 3.30. The van der Waals surface area contributed by atoms with Gasteiger partial charge in [0.25, 0.3) is 5.91 Å². The number of hydrogen-bond donors (Lipinski definition) is 1. The highest BCUT2D eigenvalue weighted by Crippen LogP contribution is 2.22. The molecule has 2 aromatic carbocycles. The highest BCUT2D eigenvalue weighted by molar-refractivity contribution is 6.30. The Kier molecular flexibility index (Phi) is 4.21. The number of carbonyl (C=O) groups excluding carboxylic acids is 1. The molecule has 0 bridgehead atoms. The first-order valence-electron chi connectivity index (χ1n) is 6.83. The van der Waals surface area contributed by atoms with Crippen molar-refractivity contribution in [1.82, 2.24) is 9.55 Å². The fourth-order valence-electron chi connectivity index (χ4n) is 2.26. The molecule has 0 aliphatic heterocycles. The summed E-state index contributed by atoms with van der Waals surface area (Å²) in [5, 5.41) is 3.56. The number of para-hydroxylation sites is 1. The Morgan fingerprint density at radius 3 is 2.45 bits per heavy atom. The number of nitrogens with zero attached hydrogens (tertiary/aromatic N) is 2. The van der Waals surface area contributed by atoms with Gasteiger partial charge in [0.15, 0.2) is 0 Å².